The fraction of sp³-hybridized carbons (Fsp3) is 0.136. The lowest BCUT2D eigenvalue weighted by atomic mass is 10.0. The summed E-state index contributed by atoms with van der Waals surface area (Å²) in [6, 6.07) is 18.7. The van der Waals surface area contributed by atoms with Crippen molar-refractivity contribution < 1.29 is 13.2 Å². The molecule has 0 saturated heterocycles. The van der Waals surface area contributed by atoms with Crippen molar-refractivity contribution >= 4 is 44.8 Å². The van der Waals surface area contributed by atoms with Crippen LogP contribution >= 0.6 is 23.2 Å². The third kappa shape index (κ3) is 4.23. The second kappa shape index (κ2) is 8.40. The summed E-state index contributed by atoms with van der Waals surface area (Å²) in [7, 11) is -3.87. The Morgan fingerprint density at radius 3 is 2.47 bits per heavy atom. The molecule has 3 aromatic carbocycles. The van der Waals surface area contributed by atoms with Crippen molar-refractivity contribution in [3.8, 4) is 0 Å². The van der Waals surface area contributed by atoms with Crippen LogP contribution in [0.25, 0.3) is 0 Å². The standard InChI is InChI=1S/C22H18Cl2N2O3S/c23-18-6-3-7-19(13-18)25-22(27)16-8-9-20(24)21(12-16)30(28,29)26-11-10-15-4-1-2-5-17(15)14-26/h1-9,12-13H,10-11,14H2,(H,25,27). The Morgan fingerprint density at radius 1 is 0.933 bits per heavy atom. The number of halogens is 2. The fourth-order valence-corrected chi connectivity index (χ4v) is 5.54. The average molecular weight is 461 g/mol. The van der Waals surface area contributed by atoms with Gasteiger partial charge < -0.3 is 5.32 Å². The number of benzene rings is 3. The predicted molar refractivity (Wildman–Crippen MR) is 119 cm³/mol. The first-order valence-electron chi connectivity index (χ1n) is 9.28. The van der Waals surface area contributed by atoms with E-state index in [2.05, 4.69) is 5.32 Å². The molecule has 1 N–H and O–H groups in total. The highest BCUT2D eigenvalue weighted by Crippen LogP contribution is 2.30. The number of nitrogens with zero attached hydrogens (tertiary/aromatic N) is 1. The van der Waals surface area contributed by atoms with Gasteiger partial charge in [0.1, 0.15) is 4.90 Å². The summed E-state index contributed by atoms with van der Waals surface area (Å²) < 4.78 is 28.0. The van der Waals surface area contributed by atoms with Crippen LogP contribution in [0.4, 0.5) is 5.69 Å². The zero-order valence-electron chi connectivity index (χ0n) is 15.8. The molecule has 1 aliphatic rings. The van der Waals surface area contributed by atoms with Crippen molar-refractivity contribution in [2.45, 2.75) is 17.9 Å². The van der Waals surface area contributed by atoms with Crippen LogP contribution in [0.1, 0.15) is 21.5 Å². The number of hydrogen-bond acceptors (Lipinski definition) is 3. The van der Waals surface area contributed by atoms with E-state index in [1.807, 2.05) is 24.3 Å². The van der Waals surface area contributed by atoms with Crippen molar-refractivity contribution in [2.75, 3.05) is 11.9 Å². The van der Waals surface area contributed by atoms with E-state index in [1.165, 1.54) is 22.5 Å². The molecular weight excluding hydrogens is 443 g/mol. The number of anilines is 1. The van der Waals surface area contributed by atoms with E-state index in [0.717, 1.165) is 11.1 Å². The summed E-state index contributed by atoms with van der Waals surface area (Å²) >= 11 is 12.2. The lowest BCUT2D eigenvalue weighted by Crippen LogP contribution is -2.36. The number of rotatable bonds is 4. The molecule has 0 spiro atoms. The van der Waals surface area contributed by atoms with E-state index in [4.69, 9.17) is 23.2 Å². The highest BCUT2D eigenvalue weighted by atomic mass is 35.5. The Balaban J connectivity index is 1.62. The third-order valence-electron chi connectivity index (χ3n) is 4.99. The van der Waals surface area contributed by atoms with Gasteiger partial charge in [0.15, 0.2) is 0 Å². The third-order valence-corrected chi connectivity index (χ3v) is 7.55. The molecule has 0 unspecified atom stereocenters. The van der Waals surface area contributed by atoms with Crippen LogP contribution in [0.5, 0.6) is 0 Å². The molecule has 1 heterocycles. The van der Waals surface area contributed by atoms with Crippen LogP contribution in [-0.4, -0.2) is 25.2 Å². The first-order chi connectivity index (χ1) is 14.3. The Bertz CT molecular complexity index is 1230. The number of hydrogen-bond donors (Lipinski definition) is 1. The summed E-state index contributed by atoms with van der Waals surface area (Å²) in [5.74, 6) is -0.450. The Morgan fingerprint density at radius 2 is 1.70 bits per heavy atom. The van der Waals surface area contributed by atoms with E-state index in [0.29, 0.717) is 23.7 Å². The average Bonchev–Trinajstić information content (AvgIpc) is 2.73. The molecular formula is C22H18Cl2N2O3S. The van der Waals surface area contributed by atoms with Gasteiger partial charge in [-0.25, -0.2) is 8.42 Å². The topological polar surface area (TPSA) is 66.5 Å². The zero-order valence-corrected chi connectivity index (χ0v) is 18.1. The van der Waals surface area contributed by atoms with E-state index in [1.54, 1.807) is 24.3 Å². The van der Waals surface area contributed by atoms with Crippen LogP contribution < -0.4 is 5.32 Å². The monoisotopic (exact) mass is 460 g/mol. The summed E-state index contributed by atoms with van der Waals surface area (Å²) in [5.41, 5.74) is 2.82. The normalized spacial score (nSPS) is 14.2. The fourth-order valence-electron chi connectivity index (χ4n) is 3.43. The first kappa shape index (κ1) is 20.9. The Hall–Kier alpha value is -2.38. The summed E-state index contributed by atoms with van der Waals surface area (Å²) in [6.07, 6.45) is 0.627. The summed E-state index contributed by atoms with van der Waals surface area (Å²) in [6.45, 7) is 0.627. The van der Waals surface area contributed by atoms with Crippen LogP contribution in [0.3, 0.4) is 0 Å². The van der Waals surface area contributed by atoms with Gasteiger partial charge in [-0.1, -0.05) is 53.5 Å². The minimum Gasteiger partial charge on any atom is -0.322 e. The molecule has 0 fully saturated rings. The van der Waals surface area contributed by atoms with Gasteiger partial charge in [0.2, 0.25) is 10.0 Å². The van der Waals surface area contributed by atoms with E-state index in [9.17, 15) is 13.2 Å². The van der Waals surface area contributed by atoms with Crippen LogP contribution in [-0.2, 0) is 23.0 Å². The molecule has 154 valence electrons. The van der Waals surface area contributed by atoms with Gasteiger partial charge in [0.05, 0.1) is 5.02 Å². The molecule has 1 amide bonds. The predicted octanol–water partition coefficient (Wildman–Crippen LogP) is 4.99. The molecule has 0 bridgehead atoms. The van der Waals surface area contributed by atoms with Gasteiger partial charge in [-0.2, -0.15) is 4.31 Å². The van der Waals surface area contributed by atoms with Crippen molar-refractivity contribution in [1.82, 2.24) is 4.31 Å². The lowest BCUT2D eigenvalue weighted by Gasteiger charge is -2.28. The largest absolute Gasteiger partial charge is 0.322 e. The molecule has 4 rings (SSSR count). The lowest BCUT2D eigenvalue weighted by molar-refractivity contribution is 0.102. The molecule has 0 atom stereocenters. The number of fused-ring (bicyclic) bond motifs is 1. The maximum Gasteiger partial charge on any atom is 0.255 e. The van der Waals surface area contributed by atoms with Crippen LogP contribution in [0.2, 0.25) is 10.0 Å². The molecule has 0 radical (unpaired) electrons. The molecule has 3 aromatic rings. The summed E-state index contributed by atoms with van der Waals surface area (Å²) in [4.78, 5) is 12.6. The number of sulfonamides is 1. The number of nitrogens with one attached hydrogen (secondary N) is 1. The van der Waals surface area contributed by atoms with Crippen LogP contribution in [0.15, 0.2) is 71.6 Å². The van der Waals surface area contributed by atoms with E-state index < -0.39 is 15.9 Å². The minimum atomic E-state index is -3.87. The highest BCUT2D eigenvalue weighted by molar-refractivity contribution is 7.89. The second-order valence-corrected chi connectivity index (χ2v) is 9.72. The molecule has 1 aliphatic heterocycles. The number of carbonyl (C=O) groups is 1. The second-order valence-electron chi connectivity index (χ2n) is 6.97. The Labute approximate surface area is 185 Å². The van der Waals surface area contributed by atoms with Gasteiger partial charge in [0.25, 0.3) is 5.91 Å². The van der Waals surface area contributed by atoms with E-state index in [-0.39, 0.29) is 22.0 Å². The molecule has 0 saturated carbocycles. The SMILES string of the molecule is O=C(Nc1cccc(Cl)c1)c1ccc(Cl)c(S(=O)(=O)N2CCc3ccccc3C2)c1. The van der Waals surface area contributed by atoms with Gasteiger partial charge >= 0.3 is 0 Å². The first-order valence-corrected chi connectivity index (χ1v) is 11.5. The molecule has 5 nitrogen and oxygen atoms in total. The quantitative estimate of drug-likeness (QED) is 0.595. The highest BCUT2D eigenvalue weighted by Gasteiger charge is 2.30. The Kier molecular flexibility index (Phi) is 5.84. The number of carbonyl (C=O) groups excluding carboxylic acids is 1. The van der Waals surface area contributed by atoms with Gasteiger partial charge in [-0.15, -0.1) is 0 Å². The molecule has 8 heteroatoms. The minimum absolute atomic E-state index is 0.0770. The van der Waals surface area contributed by atoms with Crippen LogP contribution in [0, 0.1) is 0 Å². The zero-order chi connectivity index (χ0) is 21.3. The number of amides is 1. The van der Waals surface area contributed by atoms with Gasteiger partial charge in [0, 0.05) is 29.4 Å². The summed E-state index contributed by atoms with van der Waals surface area (Å²) in [5, 5.41) is 3.28. The molecule has 0 aliphatic carbocycles. The van der Waals surface area contributed by atoms with Crippen molar-refractivity contribution in [3.63, 3.8) is 0 Å². The van der Waals surface area contributed by atoms with Gasteiger partial charge in [-0.05, 0) is 53.9 Å². The van der Waals surface area contributed by atoms with Gasteiger partial charge in [-0.3, -0.25) is 4.79 Å². The van der Waals surface area contributed by atoms with Crippen molar-refractivity contribution in [3.05, 3.63) is 93.5 Å². The molecule has 0 aromatic heterocycles. The van der Waals surface area contributed by atoms with E-state index >= 15 is 0 Å². The maximum absolute atomic E-state index is 13.3. The van der Waals surface area contributed by atoms with Crippen molar-refractivity contribution in [1.29, 1.82) is 0 Å². The van der Waals surface area contributed by atoms with Crippen molar-refractivity contribution in [2.24, 2.45) is 0 Å². The smallest absolute Gasteiger partial charge is 0.255 e. The molecule has 30 heavy (non-hydrogen) atoms. The maximum atomic E-state index is 13.3.